The molecule has 92 valence electrons. The van der Waals surface area contributed by atoms with Gasteiger partial charge in [0, 0.05) is 30.4 Å². The summed E-state index contributed by atoms with van der Waals surface area (Å²) in [5.41, 5.74) is 0. The Kier molecular flexibility index (Phi) is 4.31. The van der Waals surface area contributed by atoms with Crippen molar-refractivity contribution in [2.24, 2.45) is 0 Å². The minimum absolute atomic E-state index is 0.568. The van der Waals surface area contributed by atoms with Gasteiger partial charge in [0.2, 0.25) is 0 Å². The minimum atomic E-state index is 0.568. The van der Waals surface area contributed by atoms with Gasteiger partial charge < -0.3 is 4.74 Å². The summed E-state index contributed by atoms with van der Waals surface area (Å²) in [7, 11) is 1.70. The highest BCUT2D eigenvalue weighted by atomic mass is 35.5. The predicted octanol–water partition coefficient (Wildman–Crippen LogP) is 3.49. The fourth-order valence-corrected chi connectivity index (χ4v) is 2.92. The molecule has 2 aromatic rings. The van der Waals surface area contributed by atoms with E-state index in [9.17, 15) is 0 Å². The zero-order chi connectivity index (χ0) is 12.3. The van der Waals surface area contributed by atoms with Gasteiger partial charge in [-0.15, -0.1) is 11.3 Å². The van der Waals surface area contributed by atoms with Crippen molar-refractivity contribution in [2.75, 3.05) is 13.7 Å². The summed E-state index contributed by atoms with van der Waals surface area (Å²) in [4.78, 5) is 11.2. The van der Waals surface area contributed by atoms with Gasteiger partial charge in [-0.1, -0.05) is 18.5 Å². The van der Waals surface area contributed by atoms with Gasteiger partial charge in [0.05, 0.1) is 0 Å². The molecule has 0 atom stereocenters. The molecule has 5 heteroatoms. The lowest BCUT2D eigenvalue weighted by Crippen LogP contribution is -1.98. The van der Waals surface area contributed by atoms with Crippen LogP contribution in [0.3, 0.4) is 0 Å². The third-order valence-corrected chi connectivity index (χ3v) is 4.00. The molecule has 17 heavy (non-hydrogen) atoms. The van der Waals surface area contributed by atoms with Crippen molar-refractivity contribution < 1.29 is 4.74 Å². The number of ether oxygens (including phenoxy) is 1. The molecular formula is C12H15ClN2OS. The summed E-state index contributed by atoms with van der Waals surface area (Å²) in [5.74, 6) is 0.809. The van der Waals surface area contributed by atoms with Crippen LogP contribution in [0.1, 0.15) is 24.0 Å². The molecule has 0 aliphatic heterocycles. The SMILES string of the molecule is CCc1cc2c(Cl)nc(CCCOC)nc2s1. The summed E-state index contributed by atoms with van der Waals surface area (Å²) < 4.78 is 5.02. The topological polar surface area (TPSA) is 35.0 Å². The summed E-state index contributed by atoms with van der Waals surface area (Å²) >= 11 is 7.87. The summed E-state index contributed by atoms with van der Waals surface area (Å²) in [6.07, 6.45) is 2.74. The highest BCUT2D eigenvalue weighted by molar-refractivity contribution is 7.18. The standard InChI is InChI=1S/C12H15ClN2OS/c1-3-8-7-9-11(13)14-10(5-4-6-16-2)15-12(9)17-8/h7H,3-6H2,1-2H3. The molecule has 0 unspecified atom stereocenters. The van der Waals surface area contributed by atoms with Gasteiger partial charge in [0.1, 0.15) is 15.8 Å². The Hall–Kier alpha value is -0.710. The van der Waals surface area contributed by atoms with Crippen molar-refractivity contribution in [1.82, 2.24) is 9.97 Å². The fraction of sp³-hybridized carbons (Fsp3) is 0.500. The second-order valence-corrected chi connectivity index (χ2v) is 5.29. The quantitative estimate of drug-likeness (QED) is 0.616. The van der Waals surface area contributed by atoms with E-state index >= 15 is 0 Å². The number of thiophene rings is 1. The van der Waals surface area contributed by atoms with Crippen LogP contribution < -0.4 is 0 Å². The summed E-state index contributed by atoms with van der Waals surface area (Å²) in [6.45, 7) is 2.86. The number of aryl methyl sites for hydroxylation is 2. The Morgan fingerprint density at radius 1 is 1.41 bits per heavy atom. The third-order valence-electron chi connectivity index (χ3n) is 2.54. The molecule has 0 aromatic carbocycles. The molecule has 2 rings (SSSR count). The van der Waals surface area contributed by atoms with E-state index in [2.05, 4.69) is 23.0 Å². The summed E-state index contributed by atoms with van der Waals surface area (Å²) in [5, 5.41) is 1.54. The number of hydrogen-bond acceptors (Lipinski definition) is 4. The maximum absolute atomic E-state index is 6.17. The molecule has 0 saturated heterocycles. The average molecular weight is 271 g/mol. The van der Waals surface area contributed by atoms with E-state index in [0.717, 1.165) is 41.9 Å². The number of aromatic nitrogens is 2. The van der Waals surface area contributed by atoms with Crippen LogP contribution in [0.25, 0.3) is 10.2 Å². The molecule has 0 radical (unpaired) electrons. The van der Waals surface area contributed by atoms with Crippen molar-refractivity contribution in [2.45, 2.75) is 26.2 Å². The first-order chi connectivity index (χ1) is 8.24. The molecule has 0 aliphatic rings. The van der Waals surface area contributed by atoms with Gasteiger partial charge in [0.15, 0.2) is 0 Å². The van der Waals surface area contributed by atoms with Crippen LogP contribution in [0, 0.1) is 0 Å². The second kappa shape index (κ2) is 5.76. The maximum Gasteiger partial charge on any atom is 0.141 e. The van der Waals surface area contributed by atoms with Crippen molar-refractivity contribution in [3.05, 3.63) is 21.9 Å². The molecule has 3 nitrogen and oxygen atoms in total. The Morgan fingerprint density at radius 3 is 2.94 bits per heavy atom. The second-order valence-electron chi connectivity index (χ2n) is 3.81. The summed E-state index contributed by atoms with van der Waals surface area (Å²) in [6, 6.07) is 2.08. The van der Waals surface area contributed by atoms with E-state index in [0.29, 0.717) is 5.15 Å². The van der Waals surface area contributed by atoms with E-state index < -0.39 is 0 Å². The van der Waals surface area contributed by atoms with Crippen LogP contribution >= 0.6 is 22.9 Å². The largest absolute Gasteiger partial charge is 0.385 e. The van der Waals surface area contributed by atoms with Crippen molar-refractivity contribution in [1.29, 1.82) is 0 Å². The molecular weight excluding hydrogens is 256 g/mol. The van der Waals surface area contributed by atoms with Gasteiger partial charge >= 0.3 is 0 Å². The van der Waals surface area contributed by atoms with E-state index in [-0.39, 0.29) is 0 Å². The van der Waals surface area contributed by atoms with Crippen molar-refractivity contribution in [3.8, 4) is 0 Å². The molecule has 0 N–H and O–H groups in total. The first kappa shape index (κ1) is 12.7. The zero-order valence-electron chi connectivity index (χ0n) is 9.99. The number of methoxy groups -OCH3 is 1. The number of hydrogen-bond donors (Lipinski definition) is 0. The van der Waals surface area contributed by atoms with Crippen LogP contribution in [0.2, 0.25) is 5.15 Å². The Labute approximate surface area is 110 Å². The molecule has 0 bridgehead atoms. The normalized spacial score (nSPS) is 11.2. The third kappa shape index (κ3) is 2.94. The zero-order valence-corrected chi connectivity index (χ0v) is 11.6. The molecule has 0 spiro atoms. The Bertz CT molecular complexity index is 512. The van der Waals surface area contributed by atoms with Crippen molar-refractivity contribution >= 4 is 33.2 Å². The predicted molar refractivity (Wildman–Crippen MR) is 72.0 cm³/mol. The minimum Gasteiger partial charge on any atom is -0.385 e. The average Bonchev–Trinajstić information content (AvgIpc) is 2.73. The smallest absolute Gasteiger partial charge is 0.141 e. The van der Waals surface area contributed by atoms with Crippen molar-refractivity contribution in [3.63, 3.8) is 0 Å². The monoisotopic (exact) mass is 270 g/mol. The molecule has 0 fully saturated rings. The van der Waals surface area contributed by atoms with E-state index in [1.807, 2.05) is 0 Å². The number of halogens is 1. The lowest BCUT2D eigenvalue weighted by Gasteiger charge is -2.00. The highest BCUT2D eigenvalue weighted by Crippen LogP contribution is 2.29. The van der Waals surface area contributed by atoms with Crippen LogP contribution in [-0.4, -0.2) is 23.7 Å². The number of rotatable bonds is 5. The van der Waals surface area contributed by atoms with Crippen LogP contribution in [0.15, 0.2) is 6.07 Å². The van der Waals surface area contributed by atoms with Gasteiger partial charge in [-0.25, -0.2) is 9.97 Å². The van der Waals surface area contributed by atoms with E-state index in [1.165, 1.54) is 4.88 Å². The van der Waals surface area contributed by atoms with Gasteiger partial charge in [-0.05, 0) is 18.9 Å². The molecule has 0 amide bonds. The van der Waals surface area contributed by atoms with Gasteiger partial charge in [-0.2, -0.15) is 0 Å². The van der Waals surface area contributed by atoms with E-state index in [4.69, 9.17) is 16.3 Å². The van der Waals surface area contributed by atoms with E-state index in [1.54, 1.807) is 18.4 Å². The Balaban J connectivity index is 2.27. The molecule has 2 heterocycles. The number of nitrogens with zero attached hydrogens (tertiary/aromatic N) is 2. The first-order valence-electron chi connectivity index (χ1n) is 5.68. The maximum atomic E-state index is 6.17. The van der Waals surface area contributed by atoms with Crippen LogP contribution in [0.5, 0.6) is 0 Å². The highest BCUT2D eigenvalue weighted by Gasteiger charge is 2.09. The van der Waals surface area contributed by atoms with Crippen LogP contribution in [0.4, 0.5) is 0 Å². The lowest BCUT2D eigenvalue weighted by molar-refractivity contribution is 0.194. The molecule has 0 saturated carbocycles. The first-order valence-corrected chi connectivity index (χ1v) is 6.87. The fourth-order valence-electron chi connectivity index (χ4n) is 1.64. The number of fused-ring (bicyclic) bond motifs is 1. The lowest BCUT2D eigenvalue weighted by atomic mass is 10.3. The van der Waals surface area contributed by atoms with Crippen LogP contribution in [-0.2, 0) is 17.6 Å². The van der Waals surface area contributed by atoms with Gasteiger partial charge in [0.25, 0.3) is 0 Å². The Morgan fingerprint density at radius 2 is 2.24 bits per heavy atom. The molecule has 2 aromatic heterocycles. The van der Waals surface area contributed by atoms with Gasteiger partial charge in [-0.3, -0.25) is 0 Å². The molecule has 0 aliphatic carbocycles.